The molecule has 2 N–H and O–H groups in total. The summed E-state index contributed by atoms with van der Waals surface area (Å²) < 4.78 is 16.3. The lowest BCUT2D eigenvalue weighted by molar-refractivity contribution is -0.0373. The van der Waals surface area contributed by atoms with Crippen LogP contribution >= 0.6 is 0 Å². The Bertz CT molecular complexity index is 137. The second kappa shape index (κ2) is 7.17. The van der Waals surface area contributed by atoms with Crippen molar-refractivity contribution < 1.29 is 14.2 Å². The van der Waals surface area contributed by atoms with Gasteiger partial charge in [0.25, 0.3) is 0 Å². The normalized spacial score (nSPS) is 24.0. The molecule has 4 nitrogen and oxygen atoms in total. The zero-order chi connectivity index (χ0) is 10.2. The van der Waals surface area contributed by atoms with Crippen LogP contribution in [0.5, 0.6) is 0 Å². The van der Waals surface area contributed by atoms with Gasteiger partial charge in [0.15, 0.2) is 0 Å². The maximum absolute atomic E-state index is 5.52. The van der Waals surface area contributed by atoms with Gasteiger partial charge in [-0.05, 0) is 19.8 Å². The monoisotopic (exact) mass is 203 g/mol. The summed E-state index contributed by atoms with van der Waals surface area (Å²) in [5, 5.41) is 0. The molecule has 0 spiro atoms. The lowest BCUT2D eigenvalue weighted by Crippen LogP contribution is -2.30. The molecule has 0 saturated carbocycles. The molecule has 2 unspecified atom stereocenters. The van der Waals surface area contributed by atoms with Crippen LogP contribution in [0.2, 0.25) is 0 Å². The van der Waals surface area contributed by atoms with Gasteiger partial charge in [0.05, 0.1) is 25.4 Å². The van der Waals surface area contributed by atoms with Gasteiger partial charge < -0.3 is 19.9 Å². The molecule has 1 saturated heterocycles. The van der Waals surface area contributed by atoms with Crippen molar-refractivity contribution in [3.05, 3.63) is 0 Å². The van der Waals surface area contributed by atoms with Crippen LogP contribution in [0.4, 0.5) is 0 Å². The van der Waals surface area contributed by atoms with E-state index in [4.69, 9.17) is 19.9 Å². The van der Waals surface area contributed by atoms with E-state index in [1.807, 2.05) is 6.92 Å². The quantitative estimate of drug-likeness (QED) is 0.656. The number of hydrogen-bond donors (Lipinski definition) is 1. The average Bonchev–Trinajstić information content (AvgIpc) is 2.69. The third-order valence-electron chi connectivity index (χ3n) is 2.30. The Morgan fingerprint density at radius 3 is 3.00 bits per heavy atom. The second-order valence-electron chi connectivity index (χ2n) is 3.49. The molecule has 0 bridgehead atoms. The number of hydrogen-bond acceptors (Lipinski definition) is 4. The highest BCUT2D eigenvalue weighted by Crippen LogP contribution is 2.11. The van der Waals surface area contributed by atoms with Crippen LogP contribution < -0.4 is 5.73 Å². The summed E-state index contributed by atoms with van der Waals surface area (Å²) in [6.07, 6.45) is 2.58. The third-order valence-corrected chi connectivity index (χ3v) is 2.30. The summed E-state index contributed by atoms with van der Waals surface area (Å²) in [6.45, 7) is 5.28. The Hall–Kier alpha value is -0.160. The minimum absolute atomic E-state index is 0.0291. The van der Waals surface area contributed by atoms with E-state index in [0.29, 0.717) is 26.4 Å². The Morgan fingerprint density at radius 2 is 2.43 bits per heavy atom. The lowest BCUT2D eigenvalue weighted by Gasteiger charge is -2.16. The fourth-order valence-corrected chi connectivity index (χ4v) is 1.53. The highest BCUT2D eigenvalue weighted by atomic mass is 16.6. The largest absolute Gasteiger partial charge is 0.376 e. The van der Waals surface area contributed by atoms with Crippen molar-refractivity contribution in [1.29, 1.82) is 0 Å². The van der Waals surface area contributed by atoms with Gasteiger partial charge >= 0.3 is 0 Å². The van der Waals surface area contributed by atoms with Crippen LogP contribution in [0.15, 0.2) is 0 Å². The zero-order valence-electron chi connectivity index (χ0n) is 8.91. The van der Waals surface area contributed by atoms with Crippen molar-refractivity contribution in [3.63, 3.8) is 0 Å². The molecular formula is C10H21NO3. The van der Waals surface area contributed by atoms with Crippen molar-refractivity contribution in [2.45, 2.75) is 32.0 Å². The summed E-state index contributed by atoms with van der Waals surface area (Å²) in [4.78, 5) is 0. The van der Waals surface area contributed by atoms with Gasteiger partial charge in [-0.1, -0.05) is 0 Å². The highest BCUT2D eigenvalue weighted by molar-refractivity contribution is 4.64. The van der Waals surface area contributed by atoms with Gasteiger partial charge in [-0.2, -0.15) is 0 Å². The van der Waals surface area contributed by atoms with Crippen molar-refractivity contribution in [3.8, 4) is 0 Å². The Labute approximate surface area is 85.7 Å². The molecule has 1 rings (SSSR count). The number of rotatable bonds is 7. The molecule has 1 heterocycles. The summed E-state index contributed by atoms with van der Waals surface area (Å²) >= 11 is 0. The van der Waals surface area contributed by atoms with Crippen molar-refractivity contribution in [1.82, 2.24) is 0 Å². The van der Waals surface area contributed by atoms with Crippen molar-refractivity contribution >= 4 is 0 Å². The van der Waals surface area contributed by atoms with Crippen LogP contribution in [0.3, 0.4) is 0 Å². The maximum atomic E-state index is 5.52. The molecule has 0 amide bonds. The SMILES string of the molecule is CCOC(CN)COCC1CCCO1. The molecule has 2 atom stereocenters. The van der Waals surface area contributed by atoms with Gasteiger partial charge in [0.1, 0.15) is 0 Å². The van der Waals surface area contributed by atoms with Gasteiger partial charge in [-0.15, -0.1) is 0 Å². The van der Waals surface area contributed by atoms with Gasteiger partial charge in [-0.25, -0.2) is 0 Å². The standard InChI is InChI=1S/C10H21NO3/c1-2-13-10(6-11)8-12-7-9-4-3-5-14-9/h9-10H,2-8,11H2,1H3. The Balaban J connectivity index is 2.00. The maximum Gasteiger partial charge on any atom is 0.0930 e. The molecule has 0 radical (unpaired) electrons. The molecule has 0 aromatic carbocycles. The molecule has 14 heavy (non-hydrogen) atoms. The summed E-state index contributed by atoms with van der Waals surface area (Å²) in [7, 11) is 0. The van der Waals surface area contributed by atoms with Gasteiger partial charge in [0.2, 0.25) is 0 Å². The first-order valence-corrected chi connectivity index (χ1v) is 5.37. The predicted octanol–water partition coefficient (Wildman–Crippen LogP) is 0.546. The smallest absolute Gasteiger partial charge is 0.0930 e. The number of ether oxygens (including phenoxy) is 3. The van der Waals surface area contributed by atoms with E-state index < -0.39 is 0 Å². The van der Waals surface area contributed by atoms with Crippen LogP contribution in [0.25, 0.3) is 0 Å². The third kappa shape index (κ3) is 4.37. The van der Waals surface area contributed by atoms with E-state index in [9.17, 15) is 0 Å². The van der Waals surface area contributed by atoms with E-state index >= 15 is 0 Å². The fourth-order valence-electron chi connectivity index (χ4n) is 1.53. The molecule has 0 aromatic rings. The van der Waals surface area contributed by atoms with Crippen LogP contribution in [0.1, 0.15) is 19.8 Å². The first kappa shape index (κ1) is 11.9. The fraction of sp³-hybridized carbons (Fsp3) is 1.00. The van der Waals surface area contributed by atoms with E-state index in [1.165, 1.54) is 0 Å². The van der Waals surface area contributed by atoms with E-state index in [2.05, 4.69) is 0 Å². The van der Waals surface area contributed by atoms with Gasteiger partial charge in [-0.3, -0.25) is 0 Å². The molecule has 0 aromatic heterocycles. The van der Waals surface area contributed by atoms with Crippen LogP contribution in [-0.2, 0) is 14.2 Å². The molecule has 0 aliphatic carbocycles. The molecule has 4 heteroatoms. The minimum atomic E-state index is 0.0291. The van der Waals surface area contributed by atoms with Crippen LogP contribution in [0, 0.1) is 0 Å². The molecule has 1 aliphatic rings. The highest BCUT2D eigenvalue weighted by Gasteiger charge is 2.16. The number of nitrogens with two attached hydrogens (primary N) is 1. The summed E-state index contributed by atoms with van der Waals surface area (Å²) in [5.41, 5.74) is 5.52. The molecular weight excluding hydrogens is 182 g/mol. The predicted molar refractivity (Wildman–Crippen MR) is 54.3 cm³/mol. The van der Waals surface area contributed by atoms with Gasteiger partial charge in [0, 0.05) is 19.8 Å². The summed E-state index contributed by atoms with van der Waals surface area (Å²) in [5.74, 6) is 0. The summed E-state index contributed by atoms with van der Waals surface area (Å²) in [6, 6.07) is 0. The first-order chi connectivity index (χ1) is 6.86. The van der Waals surface area contributed by atoms with Crippen molar-refractivity contribution in [2.24, 2.45) is 5.73 Å². The molecule has 1 fully saturated rings. The average molecular weight is 203 g/mol. The second-order valence-corrected chi connectivity index (χ2v) is 3.49. The zero-order valence-corrected chi connectivity index (χ0v) is 8.91. The topological polar surface area (TPSA) is 53.7 Å². The van der Waals surface area contributed by atoms with Crippen molar-refractivity contribution in [2.75, 3.05) is 33.0 Å². The van der Waals surface area contributed by atoms with E-state index in [-0.39, 0.29) is 12.2 Å². The Kier molecular flexibility index (Phi) is 6.10. The molecule has 84 valence electrons. The van der Waals surface area contributed by atoms with Crippen LogP contribution in [-0.4, -0.2) is 45.2 Å². The molecule has 1 aliphatic heterocycles. The minimum Gasteiger partial charge on any atom is -0.376 e. The van der Waals surface area contributed by atoms with E-state index in [1.54, 1.807) is 0 Å². The Morgan fingerprint density at radius 1 is 1.57 bits per heavy atom. The lowest BCUT2D eigenvalue weighted by atomic mass is 10.2. The van der Waals surface area contributed by atoms with E-state index in [0.717, 1.165) is 19.4 Å². The first-order valence-electron chi connectivity index (χ1n) is 5.37.